The van der Waals surface area contributed by atoms with E-state index in [1.807, 2.05) is 41.2 Å². The molecule has 3 aromatic rings. The Morgan fingerprint density at radius 2 is 2.00 bits per heavy atom. The molecular formula is C21H22N4O. The first kappa shape index (κ1) is 16.5. The zero-order valence-electron chi connectivity index (χ0n) is 14.9. The van der Waals surface area contributed by atoms with Gasteiger partial charge in [0.25, 0.3) is 0 Å². The van der Waals surface area contributed by atoms with Gasteiger partial charge in [-0.05, 0) is 41.8 Å². The summed E-state index contributed by atoms with van der Waals surface area (Å²) in [5, 5.41) is 4.45. The second-order valence-electron chi connectivity index (χ2n) is 6.42. The molecule has 132 valence electrons. The molecule has 0 radical (unpaired) electrons. The summed E-state index contributed by atoms with van der Waals surface area (Å²) in [5.74, 6) is 1.75. The van der Waals surface area contributed by atoms with E-state index in [9.17, 15) is 0 Å². The quantitative estimate of drug-likeness (QED) is 0.708. The van der Waals surface area contributed by atoms with Crippen LogP contribution in [0, 0.1) is 0 Å². The Labute approximate surface area is 153 Å². The zero-order valence-corrected chi connectivity index (χ0v) is 14.9. The largest absolute Gasteiger partial charge is 0.497 e. The molecule has 0 unspecified atom stereocenters. The molecule has 4 rings (SSSR count). The number of aromatic nitrogens is 3. The molecule has 0 aliphatic carbocycles. The molecule has 1 aliphatic rings. The predicted octanol–water partition coefficient (Wildman–Crippen LogP) is 3.57. The van der Waals surface area contributed by atoms with Crippen LogP contribution in [-0.2, 0) is 6.54 Å². The summed E-state index contributed by atoms with van der Waals surface area (Å²) in [7, 11) is 1.70. The van der Waals surface area contributed by atoms with Crippen LogP contribution < -0.4 is 4.74 Å². The second kappa shape index (κ2) is 7.54. The average molecular weight is 346 g/mol. The number of benzene rings is 1. The predicted molar refractivity (Wildman–Crippen MR) is 102 cm³/mol. The molecule has 1 aromatic carbocycles. The molecular weight excluding hydrogens is 324 g/mol. The van der Waals surface area contributed by atoms with Crippen molar-refractivity contribution in [1.29, 1.82) is 0 Å². The maximum atomic E-state index is 5.22. The van der Waals surface area contributed by atoms with Crippen molar-refractivity contribution in [2.45, 2.75) is 13.0 Å². The number of rotatable bonds is 5. The zero-order chi connectivity index (χ0) is 17.8. The number of pyridine rings is 1. The summed E-state index contributed by atoms with van der Waals surface area (Å²) in [6.07, 6.45) is 9.12. The fourth-order valence-corrected chi connectivity index (χ4v) is 3.21. The van der Waals surface area contributed by atoms with E-state index >= 15 is 0 Å². The molecule has 2 aromatic heterocycles. The summed E-state index contributed by atoms with van der Waals surface area (Å²) < 4.78 is 7.05. The average Bonchev–Trinajstić information content (AvgIpc) is 3.20. The van der Waals surface area contributed by atoms with Crippen molar-refractivity contribution in [3.63, 3.8) is 0 Å². The van der Waals surface area contributed by atoms with Gasteiger partial charge in [0.1, 0.15) is 5.75 Å². The molecule has 0 spiro atoms. The molecule has 0 atom stereocenters. The molecule has 26 heavy (non-hydrogen) atoms. The fraction of sp³-hybridized carbons (Fsp3) is 0.238. The van der Waals surface area contributed by atoms with Crippen LogP contribution in [0.25, 0.3) is 11.4 Å². The van der Waals surface area contributed by atoms with Crippen LogP contribution in [0.5, 0.6) is 5.75 Å². The van der Waals surface area contributed by atoms with Gasteiger partial charge in [-0.1, -0.05) is 24.3 Å². The van der Waals surface area contributed by atoms with Gasteiger partial charge < -0.3 is 4.74 Å². The number of hydrogen-bond donors (Lipinski definition) is 0. The Kier molecular flexibility index (Phi) is 4.80. The molecule has 0 saturated carbocycles. The van der Waals surface area contributed by atoms with Gasteiger partial charge in [-0.3, -0.25) is 4.90 Å². The van der Waals surface area contributed by atoms with E-state index in [4.69, 9.17) is 4.74 Å². The molecule has 0 N–H and O–H groups in total. The minimum absolute atomic E-state index is 0.844. The van der Waals surface area contributed by atoms with Gasteiger partial charge in [-0.25, -0.2) is 9.67 Å². The monoisotopic (exact) mass is 346 g/mol. The Morgan fingerprint density at radius 1 is 1.12 bits per heavy atom. The van der Waals surface area contributed by atoms with Gasteiger partial charge in [-0.15, -0.1) is 0 Å². The Bertz CT molecular complexity index is 884. The SMILES string of the molecule is COc1ccc(CN2CC=C(c3cnn(-c4ccccn4)c3)CC2)cc1. The van der Waals surface area contributed by atoms with Crippen molar-refractivity contribution in [3.8, 4) is 11.6 Å². The summed E-state index contributed by atoms with van der Waals surface area (Å²) in [5.41, 5.74) is 3.85. The standard InChI is InChI=1S/C21H22N4O/c1-26-20-7-5-17(6-8-20)15-24-12-9-18(10-13-24)19-14-23-25(16-19)21-4-2-3-11-22-21/h2-9,11,14,16H,10,12-13,15H2,1H3. The second-order valence-corrected chi connectivity index (χ2v) is 6.42. The van der Waals surface area contributed by atoms with E-state index in [1.54, 1.807) is 13.3 Å². The smallest absolute Gasteiger partial charge is 0.153 e. The van der Waals surface area contributed by atoms with Crippen molar-refractivity contribution < 1.29 is 4.74 Å². The molecule has 0 fully saturated rings. The first-order valence-electron chi connectivity index (χ1n) is 8.82. The first-order chi connectivity index (χ1) is 12.8. The highest BCUT2D eigenvalue weighted by atomic mass is 16.5. The van der Waals surface area contributed by atoms with Crippen molar-refractivity contribution >= 4 is 5.57 Å². The minimum atomic E-state index is 0.844. The Morgan fingerprint density at radius 3 is 2.69 bits per heavy atom. The van der Waals surface area contributed by atoms with Gasteiger partial charge >= 0.3 is 0 Å². The van der Waals surface area contributed by atoms with E-state index in [0.29, 0.717) is 0 Å². The van der Waals surface area contributed by atoms with Gasteiger partial charge in [-0.2, -0.15) is 5.10 Å². The molecule has 5 heteroatoms. The van der Waals surface area contributed by atoms with Crippen LogP contribution in [-0.4, -0.2) is 39.9 Å². The van der Waals surface area contributed by atoms with Gasteiger partial charge in [0.15, 0.2) is 5.82 Å². The maximum Gasteiger partial charge on any atom is 0.153 e. The van der Waals surface area contributed by atoms with E-state index in [0.717, 1.165) is 37.6 Å². The van der Waals surface area contributed by atoms with E-state index in [-0.39, 0.29) is 0 Å². The van der Waals surface area contributed by atoms with Crippen LogP contribution in [0.4, 0.5) is 0 Å². The lowest BCUT2D eigenvalue weighted by Gasteiger charge is -2.26. The normalized spacial score (nSPS) is 14.9. The summed E-state index contributed by atoms with van der Waals surface area (Å²) in [6.45, 7) is 2.96. The summed E-state index contributed by atoms with van der Waals surface area (Å²) in [6, 6.07) is 14.2. The molecule has 0 bridgehead atoms. The summed E-state index contributed by atoms with van der Waals surface area (Å²) >= 11 is 0. The van der Waals surface area contributed by atoms with Crippen molar-refractivity contribution in [3.05, 3.63) is 78.3 Å². The highest BCUT2D eigenvalue weighted by Gasteiger charge is 2.15. The number of hydrogen-bond acceptors (Lipinski definition) is 4. The Hall–Kier alpha value is -2.92. The van der Waals surface area contributed by atoms with E-state index in [2.05, 4.69) is 39.4 Å². The van der Waals surface area contributed by atoms with Crippen LogP contribution in [0.2, 0.25) is 0 Å². The van der Waals surface area contributed by atoms with Crippen molar-refractivity contribution in [1.82, 2.24) is 19.7 Å². The lowest BCUT2D eigenvalue weighted by molar-refractivity contribution is 0.294. The Balaban J connectivity index is 1.40. The highest BCUT2D eigenvalue weighted by molar-refractivity contribution is 5.65. The third-order valence-electron chi connectivity index (χ3n) is 4.70. The van der Waals surface area contributed by atoms with Crippen molar-refractivity contribution in [2.24, 2.45) is 0 Å². The lowest BCUT2D eigenvalue weighted by Crippen LogP contribution is -2.27. The minimum Gasteiger partial charge on any atom is -0.497 e. The van der Waals surface area contributed by atoms with Crippen LogP contribution >= 0.6 is 0 Å². The van der Waals surface area contributed by atoms with Crippen LogP contribution in [0.1, 0.15) is 17.5 Å². The van der Waals surface area contributed by atoms with Gasteiger partial charge in [0, 0.05) is 37.6 Å². The molecule has 0 amide bonds. The van der Waals surface area contributed by atoms with Crippen LogP contribution in [0.15, 0.2) is 67.1 Å². The number of nitrogens with zero attached hydrogens (tertiary/aromatic N) is 4. The first-order valence-corrected chi connectivity index (χ1v) is 8.82. The highest BCUT2D eigenvalue weighted by Crippen LogP contribution is 2.24. The summed E-state index contributed by atoms with van der Waals surface area (Å²) in [4.78, 5) is 6.80. The number of ether oxygens (including phenoxy) is 1. The van der Waals surface area contributed by atoms with Crippen LogP contribution in [0.3, 0.4) is 0 Å². The third kappa shape index (κ3) is 3.68. The van der Waals surface area contributed by atoms with Gasteiger partial charge in [0.05, 0.1) is 13.3 Å². The fourth-order valence-electron chi connectivity index (χ4n) is 3.21. The van der Waals surface area contributed by atoms with E-state index < -0.39 is 0 Å². The molecule has 5 nitrogen and oxygen atoms in total. The number of methoxy groups -OCH3 is 1. The molecule has 0 saturated heterocycles. The van der Waals surface area contributed by atoms with Crippen molar-refractivity contribution in [2.75, 3.05) is 20.2 Å². The maximum absolute atomic E-state index is 5.22. The topological polar surface area (TPSA) is 43.2 Å². The molecule has 1 aliphatic heterocycles. The molecule has 3 heterocycles. The van der Waals surface area contributed by atoms with Gasteiger partial charge in [0.2, 0.25) is 0 Å². The van der Waals surface area contributed by atoms with E-state index in [1.165, 1.54) is 16.7 Å². The lowest BCUT2D eigenvalue weighted by atomic mass is 10.0. The third-order valence-corrected chi connectivity index (χ3v) is 4.70.